The van der Waals surface area contributed by atoms with Crippen molar-refractivity contribution in [1.82, 2.24) is 9.78 Å². The summed E-state index contributed by atoms with van der Waals surface area (Å²) in [6, 6.07) is 22.4. The van der Waals surface area contributed by atoms with Gasteiger partial charge in [0.25, 0.3) is 0 Å². The average Bonchev–Trinajstić information content (AvgIpc) is 3.11. The fraction of sp³-hybridized carbons (Fsp3) is 0.136. The number of fused-ring (bicyclic) bond motifs is 1. The Morgan fingerprint density at radius 3 is 2.42 bits per heavy atom. The predicted molar refractivity (Wildman–Crippen MR) is 101 cm³/mol. The van der Waals surface area contributed by atoms with Crippen LogP contribution < -0.4 is 0 Å². The summed E-state index contributed by atoms with van der Waals surface area (Å²) >= 11 is 0. The minimum Gasteiger partial charge on any atom is -0.378 e. The average molecular weight is 346 g/mol. The van der Waals surface area contributed by atoms with Gasteiger partial charge in [0.05, 0.1) is 17.4 Å². The monoisotopic (exact) mass is 346 g/mol. The van der Waals surface area contributed by atoms with E-state index < -0.39 is 12.3 Å². The SMILES string of the molecule is Cc1ccccc1-n1ncc2cc(C(O)(CF)c3ccccc3)ccc21. The molecule has 1 aromatic heterocycles. The number of aryl methyl sites for hydroxylation is 1. The number of hydrogen-bond donors (Lipinski definition) is 1. The lowest BCUT2D eigenvalue weighted by Gasteiger charge is -2.26. The van der Waals surface area contributed by atoms with Gasteiger partial charge < -0.3 is 5.11 Å². The summed E-state index contributed by atoms with van der Waals surface area (Å²) in [4.78, 5) is 0. The van der Waals surface area contributed by atoms with Gasteiger partial charge in [-0.05, 0) is 41.8 Å². The molecular formula is C22H19FN2O. The van der Waals surface area contributed by atoms with Gasteiger partial charge >= 0.3 is 0 Å². The smallest absolute Gasteiger partial charge is 0.143 e. The molecule has 3 nitrogen and oxygen atoms in total. The van der Waals surface area contributed by atoms with E-state index in [-0.39, 0.29) is 0 Å². The van der Waals surface area contributed by atoms with Crippen LogP contribution in [0.3, 0.4) is 0 Å². The van der Waals surface area contributed by atoms with E-state index in [1.54, 1.807) is 36.5 Å². The number of nitrogens with zero attached hydrogens (tertiary/aromatic N) is 2. The maximum atomic E-state index is 13.9. The first-order valence-electron chi connectivity index (χ1n) is 8.51. The van der Waals surface area contributed by atoms with Crippen molar-refractivity contribution in [3.63, 3.8) is 0 Å². The molecule has 0 aliphatic carbocycles. The van der Waals surface area contributed by atoms with Gasteiger partial charge in [0.1, 0.15) is 12.3 Å². The summed E-state index contributed by atoms with van der Waals surface area (Å²) in [7, 11) is 0. The molecule has 4 aromatic rings. The Morgan fingerprint density at radius 2 is 1.69 bits per heavy atom. The molecule has 1 N–H and O–H groups in total. The quantitative estimate of drug-likeness (QED) is 0.589. The highest BCUT2D eigenvalue weighted by Gasteiger charge is 2.32. The molecule has 1 unspecified atom stereocenters. The third-order valence-electron chi connectivity index (χ3n) is 4.83. The Morgan fingerprint density at radius 1 is 0.962 bits per heavy atom. The van der Waals surface area contributed by atoms with Gasteiger partial charge in [0, 0.05) is 5.39 Å². The van der Waals surface area contributed by atoms with E-state index in [9.17, 15) is 9.50 Å². The zero-order valence-electron chi connectivity index (χ0n) is 14.4. The molecule has 1 heterocycles. The molecule has 0 saturated heterocycles. The normalized spacial score (nSPS) is 13.7. The molecule has 3 aromatic carbocycles. The molecule has 0 spiro atoms. The molecule has 0 aliphatic heterocycles. The highest BCUT2D eigenvalue weighted by molar-refractivity contribution is 5.81. The number of aromatic nitrogens is 2. The third kappa shape index (κ3) is 2.59. The maximum Gasteiger partial charge on any atom is 0.143 e. The van der Waals surface area contributed by atoms with Crippen molar-refractivity contribution >= 4 is 10.9 Å². The zero-order chi connectivity index (χ0) is 18.1. The minimum atomic E-state index is -1.67. The molecule has 0 saturated carbocycles. The van der Waals surface area contributed by atoms with Crippen LogP contribution in [0.25, 0.3) is 16.6 Å². The van der Waals surface area contributed by atoms with E-state index in [0.717, 1.165) is 22.2 Å². The van der Waals surface area contributed by atoms with Crippen LogP contribution in [-0.2, 0) is 5.60 Å². The van der Waals surface area contributed by atoms with Crippen molar-refractivity contribution < 1.29 is 9.50 Å². The van der Waals surface area contributed by atoms with E-state index in [4.69, 9.17) is 0 Å². The van der Waals surface area contributed by atoms with Gasteiger partial charge in [0.15, 0.2) is 0 Å². The molecule has 4 heteroatoms. The lowest BCUT2D eigenvalue weighted by molar-refractivity contribution is 0.0519. The van der Waals surface area contributed by atoms with E-state index >= 15 is 0 Å². The number of alkyl halides is 1. The second kappa shape index (κ2) is 6.39. The molecule has 0 bridgehead atoms. The third-order valence-corrected chi connectivity index (χ3v) is 4.83. The summed E-state index contributed by atoms with van der Waals surface area (Å²) < 4.78 is 15.7. The van der Waals surface area contributed by atoms with Crippen LogP contribution in [0.1, 0.15) is 16.7 Å². The summed E-state index contributed by atoms with van der Waals surface area (Å²) in [6.45, 7) is 1.14. The van der Waals surface area contributed by atoms with Crippen LogP contribution in [0.4, 0.5) is 4.39 Å². The molecule has 0 radical (unpaired) electrons. The molecule has 26 heavy (non-hydrogen) atoms. The number of para-hydroxylation sites is 1. The standard InChI is InChI=1S/C22H19FN2O/c1-16-7-5-6-10-20(16)25-21-12-11-19(13-17(21)14-24-25)22(26,15-23)18-8-3-2-4-9-18/h2-14,26H,15H2,1H3. The maximum absolute atomic E-state index is 13.9. The Hall–Kier alpha value is -2.98. The largest absolute Gasteiger partial charge is 0.378 e. The van der Waals surface area contributed by atoms with Crippen LogP contribution in [0.5, 0.6) is 0 Å². The molecule has 130 valence electrons. The van der Waals surface area contributed by atoms with E-state index in [1.165, 1.54) is 0 Å². The minimum absolute atomic E-state index is 0.517. The van der Waals surface area contributed by atoms with Crippen molar-refractivity contribution in [1.29, 1.82) is 0 Å². The Kier molecular flexibility index (Phi) is 4.05. The lowest BCUT2D eigenvalue weighted by Crippen LogP contribution is -2.29. The topological polar surface area (TPSA) is 38.0 Å². The predicted octanol–water partition coefficient (Wildman–Crippen LogP) is 4.54. The van der Waals surface area contributed by atoms with Crippen molar-refractivity contribution in [3.05, 3.63) is 95.7 Å². The summed E-state index contributed by atoms with van der Waals surface area (Å²) in [5.74, 6) is 0. The highest BCUT2D eigenvalue weighted by atomic mass is 19.1. The molecule has 4 rings (SSSR count). The first kappa shape index (κ1) is 16.5. The van der Waals surface area contributed by atoms with Gasteiger partial charge in [-0.1, -0.05) is 54.6 Å². The molecule has 1 atom stereocenters. The van der Waals surface area contributed by atoms with Gasteiger partial charge in [-0.25, -0.2) is 9.07 Å². The number of aliphatic hydroxyl groups is 1. The number of halogens is 1. The Bertz CT molecular complexity index is 1060. The lowest BCUT2D eigenvalue weighted by atomic mass is 9.87. The van der Waals surface area contributed by atoms with Crippen LogP contribution in [0, 0.1) is 6.92 Å². The molecule has 0 fully saturated rings. The molecular weight excluding hydrogens is 327 g/mol. The van der Waals surface area contributed by atoms with Crippen LogP contribution in [0.2, 0.25) is 0 Å². The highest BCUT2D eigenvalue weighted by Crippen LogP contribution is 2.32. The zero-order valence-corrected chi connectivity index (χ0v) is 14.4. The van der Waals surface area contributed by atoms with Crippen molar-refractivity contribution in [3.8, 4) is 5.69 Å². The summed E-state index contributed by atoms with van der Waals surface area (Å²) in [5.41, 5.74) is 2.42. The Labute approximate surface area is 151 Å². The van der Waals surface area contributed by atoms with E-state index in [1.807, 2.05) is 54.1 Å². The molecule has 0 amide bonds. The van der Waals surface area contributed by atoms with Crippen LogP contribution >= 0.6 is 0 Å². The Balaban J connectivity index is 1.84. The van der Waals surface area contributed by atoms with E-state index in [0.29, 0.717) is 11.1 Å². The van der Waals surface area contributed by atoms with Crippen molar-refractivity contribution in [2.24, 2.45) is 0 Å². The number of hydrogen-bond acceptors (Lipinski definition) is 2. The van der Waals surface area contributed by atoms with Crippen molar-refractivity contribution in [2.75, 3.05) is 6.67 Å². The number of rotatable bonds is 4. The van der Waals surface area contributed by atoms with Gasteiger partial charge in [-0.3, -0.25) is 0 Å². The summed E-state index contributed by atoms with van der Waals surface area (Å²) in [5, 5.41) is 16.3. The summed E-state index contributed by atoms with van der Waals surface area (Å²) in [6.07, 6.45) is 1.74. The second-order valence-corrected chi connectivity index (χ2v) is 6.48. The first-order chi connectivity index (χ1) is 12.6. The van der Waals surface area contributed by atoms with E-state index in [2.05, 4.69) is 5.10 Å². The fourth-order valence-corrected chi connectivity index (χ4v) is 3.32. The van der Waals surface area contributed by atoms with Crippen LogP contribution in [0.15, 0.2) is 79.0 Å². The van der Waals surface area contributed by atoms with Crippen LogP contribution in [-0.4, -0.2) is 21.6 Å². The fourth-order valence-electron chi connectivity index (χ4n) is 3.32. The van der Waals surface area contributed by atoms with Crippen molar-refractivity contribution in [2.45, 2.75) is 12.5 Å². The van der Waals surface area contributed by atoms with Gasteiger partial charge in [-0.15, -0.1) is 0 Å². The van der Waals surface area contributed by atoms with Gasteiger partial charge in [-0.2, -0.15) is 5.10 Å². The second-order valence-electron chi connectivity index (χ2n) is 6.48. The number of benzene rings is 3. The first-order valence-corrected chi connectivity index (χ1v) is 8.51. The van der Waals surface area contributed by atoms with Gasteiger partial charge in [0.2, 0.25) is 0 Å². The molecule has 0 aliphatic rings.